The molecule has 0 atom stereocenters. The van der Waals surface area contributed by atoms with Gasteiger partial charge in [-0.1, -0.05) is 48.6 Å². The van der Waals surface area contributed by atoms with Gasteiger partial charge in [0, 0.05) is 0 Å². The van der Waals surface area contributed by atoms with Crippen molar-refractivity contribution in [1.82, 2.24) is 0 Å². The first kappa shape index (κ1) is 23.0. The highest BCUT2D eigenvalue weighted by molar-refractivity contribution is 5.54. The molecule has 0 unspecified atom stereocenters. The normalized spacial score (nSPS) is 11.9. The summed E-state index contributed by atoms with van der Waals surface area (Å²) >= 11 is 0. The number of rotatable bonds is 12. The van der Waals surface area contributed by atoms with Gasteiger partial charge in [-0.05, 0) is 55.9 Å². The van der Waals surface area contributed by atoms with Gasteiger partial charge in [-0.3, -0.25) is 0 Å². The molecule has 0 amide bonds. The Labute approximate surface area is 170 Å². The van der Waals surface area contributed by atoms with Gasteiger partial charge >= 0.3 is 6.18 Å². The van der Waals surface area contributed by atoms with Crippen LogP contribution in [0.1, 0.15) is 42.9 Å². The molecule has 0 spiro atoms. The monoisotopic (exact) mass is 408 g/mol. The molecule has 0 aliphatic rings. The van der Waals surface area contributed by atoms with Crippen molar-refractivity contribution in [1.29, 1.82) is 0 Å². The zero-order chi connectivity index (χ0) is 21.0. The maximum Gasteiger partial charge on any atom is 0.419 e. The third-order valence-corrected chi connectivity index (χ3v) is 4.19. The number of alkyl halides is 3. The van der Waals surface area contributed by atoms with Crippen LogP contribution in [0.2, 0.25) is 0 Å². The summed E-state index contributed by atoms with van der Waals surface area (Å²) in [4.78, 5) is 9.52. The number of ether oxygens (including phenoxy) is 1. The second-order valence-electron chi connectivity index (χ2n) is 6.49. The van der Waals surface area contributed by atoms with E-state index in [1.807, 2.05) is 18.2 Å². The maximum atomic E-state index is 13.4. The molecule has 2 aromatic rings. The van der Waals surface area contributed by atoms with Crippen LogP contribution in [0.25, 0.3) is 6.08 Å². The van der Waals surface area contributed by atoms with E-state index in [9.17, 15) is 13.2 Å². The van der Waals surface area contributed by atoms with Crippen molar-refractivity contribution in [3.8, 4) is 5.75 Å². The van der Waals surface area contributed by atoms with E-state index >= 15 is 0 Å². The Bertz CT molecular complexity index is 743. The summed E-state index contributed by atoms with van der Waals surface area (Å²) in [6.07, 6.45) is 2.22. The van der Waals surface area contributed by atoms with Crippen LogP contribution in [0.5, 0.6) is 5.75 Å². The minimum atomic E-state index is -4.48. The number of hydrogen-bond donors (Lipinski definition) is 0. The molecule has 0 heterocycles. The van der Waals surface area contributed by atoms with E-state index in [2.05, 4.69) is 12.1 Å². The largest absolute Gasteiger partial charge is 0.493 e. The van der Waals surface area contributed by atoms with Gasteiger partial charge in [-0.2, -0.15) is 13.2 Å². The molecule has 0 aliphatic heterocycles. The maximum absolute atomic E-state index is 13.4. The van der Waals surface area contributed by atoms with Gasteiger partial charge in [0.1, 0.15) is 12.4 Å². The van der Waals surface area contributed by atoms with Gasteiger partial charge in [-0.25, -0.2) is 9.78 Å². The van der Waals surface area contributed by atoms with E-state index in [-0.39, 0.29) is 19.0 Å². The lowest BCUT2D eigenvalue weighted by Crippen LogP contribution is -2.10. The fraction of sp³-hybridized carbons (Fsp3) is 0.391. The highest BCUT2D eigenvalue weighted by Gasteiger charge is 2.34. The summed E-state index contributed by atoms with van der Waals surface area (Å²) in [5.41, 5.74) is 0.922. The van der Waals surface area contributed by atoms with E-state index in [1.165, 1.54) is 11.6 Å². The summed E-state index contributed by atoms with van der Waals surface area (Å²) in [7, 11) is 0. The standard InChI is InChI=1S/C23H27F3O3/c1-2-28-29-17-9-13-20-14-15-22(21(18-20)23(24,25)26)27-16-8-4-7-12-19-10-5-3-6-11-19/h3,5-6,9-11,13-15,18H,2,4,7-8,12,16-17H2,1H3/b13-9-. The first-order chi connectivity index (χ1) is 14.0. The first-order valence-corrected chi connectivity index (χ1v) is 9.79. The molecule has 0 bridgehead atoms. The molecule has 0 aliphatic carbocycles. The van der Waals surface area contributed by atoms with Crippen molar-refractivity contribution in [2.75, 3.05) is 19.8 Å². The van der Waals surface area contributed by atoms with E-state index in [4.69, 9.17) is 14.5 Å². The molecule has 2 rings (SSSR count). The van der Waals surface area contributed by atoms with Crippen LogP contribution in [0.15, 0.2) is 54.6 Å². The van der Waals surface area contributed by atoms with E-state index in [1.54, 1.807) is 25.1 Å². The van der Waals surface area contributed by atoms with Crippen LogP contribution in [-0.2, 0) is 22.4 Å². The predicted octanol–water partition coefficient (Wildman–Crippen LogP) is 6.48. The Hall–Kier alpha value is -2.31. The average Bonchev–Trinajstić information content (AvgIpc) is 2.71. The average molecular weight is 408 g/mol. The van der Waals surface area contributed by atoms with E-state index in [0.29, 0.717) is 18.6 Å². The lowest BCUT2D eigenvalue weighted by molar-refractivity contribution is -0.282. The molecule has 6 heteroatoms. The van der Waals surface area contributed by atoms with Gasteiger partial charge in [0.2, 0.25) is 0 Å². The lowest BCUT2D eigenvalue weighted by Gasteiger charge is -2.15. The van der Waals surface area contributed by atoms with Crippen molar-refractivity contribution in [3.05, 3.63) is 71.3 Å². The number of halogens is 3. The number of aryl methyl sites for hydroxylation is 1. The molecule has 2 aromatic carbocycles. The highest BCUT2D eigenvalue weighted by atomic mass is 19.4. The molecular weight excluding hydrogens is 381 g/mol. The Morgan fingerprint density at radius 3 is 2.45 bits per heavy atom. The molecule has 0 radical (unpaired) electrons. The Kier molecular flexibility index (Phi) is 9.74. The summed E-state index contributed by atoms with van der Waals surface area (Å²) in [6.45, 7) is 2.61. The van der Waals surface area contributed by atoms with Gasteiger partial charge in [0.05, 0.1) is 18.8 Å². The van der Waals surface area contributed by atoms with Crippen molar-refractivity contribution in [3.63, 3.8) is 0 Å². The van der Waals surface area contributed by atoms with Gasteiger partial charge in [0.15, 0.2) is 0 Å². The Morgan fingerprint density at radius 1 is 0.931 bits per heavy atom. The lowest BCUT2D eigenvalue weighted by atomic mass is 10.1. The van der Waals surface area contributed by atoms with Crippen molar-refractivity contribution in [2.24, 2.45) is 0 Å². The molecule has 158 valence electrons. The molecular formula is C23H27F3O3. The molecule has 0 N–H and O–H groups in total. The predicted molar refractivity (Wildman–Crippen MR) is 108 cm³/mol. The van der Waals surface area contributed by atoms with Crippen molar-refractivity contribution < 1.29 is 27.7 Å². The summed E-state index contributed by atoms with van der Waals surface area (Å²) in [6, 6.07) is 14.2. The van der Waals surface area contributed by atoms with Crippen LogP contribution in [0.4, 0.5) is 13.2 Å². The number of benzene rings is 2. The Balaban J connectivity index is 1.83. The second-order valence-corrected chi connectivity index (χ2v) is 6.49. The van der Waals surface area contributed by atoms with Gasteiger partial charge in [-0.15, -0.1) is 0 Å². The fourth-order valence-electron chi connectivity index (χ4n) is 2.79. The summed E-state index contributed by atoms with van der Waals surface area (Å²) in [5.74, 6) is -0.136. The minimum Gasteiger partial charge on any atom is -0.493 e. The van der Waals surface area contributed by atoms with Crippen LogP contribution >= 0.6 is 0 Å². The zero-order valence-corrected chi connectivity index (χ0v) is 16.6. The number of unbranched alkanes of at least 4 members (excludes halogenated alkanes) is 2. The Morgan fingerprint density at radius 2 is 1.72 bits per heavy atom. The quantitative estimate of drug-likeness (QED) is 0.229. The SMILES string of the molecule is CCOOC/C=C\c1ccc(OCCCCCc2ccccc2)c(C(F)(F)F)c1. The van der Waals surface area contributed by atoms with Crippen LogP contribution in [0.3, 0.4) is 0 Å². The number of hydrogen-bond acceptors (Lipinski definition) is 3. The molecule has 0 saturated carbocycles. The zero-order valence-electron chi connectivity index (χ0n) is 16.6. The van der Waals surface area contributed by atoms with Gasteiger partial charge in [0.25, 0.3) is 0 Å². The topological polar surface area (TPSA) is 27.7 Å². The van der Waals surface area contributed by atoms with Crippen molar-refractivity contribution >= 4 is 6.08 Å². The van der Waals surface area contributed by atoms with E-state index in [0.717, 1.165) is 25.3 Å². The summed E-state index contributed by atoms with van der Waals surface area (Å²) in [5, 5.41) is 0. The van der Waals surface area contributed by atoms with Crippen LogP contribution < -0.4 is 4.74 Å². The highest BCUT2D eigenvalue weighted by Crippen LogP contribution is 2.37. The fourth-order valence-corrected chi connectivity index (χ4v) is 2.79. The molecule has 29 heavy (non-hydrogen) atoms. The minimum absolute atomic E-state index is 0.136. The van der Waals surface area contributed by atoms with E-state index < -0.39 is 11.7 Å². The first-order valence-electron chi connectivity index (χ1n) is 9.79. The summed E-state index contributed by atoms with van der Waals surface area (Å²) < 4.78 is 45.6. The third kappa shape index (κ3) is 8.71. The third-order valence-electron chi connectivity index (χ3n) is 4.19. The molecule has 0 saturated heterocycles. The molecule has 3 nitrogen and oxygen atoms in total. The second kappa shape index (κ2) is 12.3. The molecule has 0 fully saturated rings. The molecule has 0 aromatic heterocycles. The smallest absolute Gasteiger partial charge is 0.419 e. The van der Waals surface area contributed by atoms with Crippen LogP contribution in [0, 0.1) is 0 Å². The van der Waals surface area contributed by atoms with Gasteiger partial charge < -0.3 is 4.74 Å². The van der Waals surface area contributed by atoms with Crippen LogP contribution in [-0.4, -0.2) is 19.8 Å². The van der Waals surface area contributed by atoms with Crippen molar-refractivity contribution in [2.45, 2.75) is 38.8 Å².